The largest absolute Gasteiger partial charge is 1.00 e. The van der Waals surface area contributed by atoms with Gasteiger partial charge in [-0.2, -0.15) is 0 Å². The standard InChI is InChI=1S/C18H30O3.Na/c1-2-3-4-5-6-7-8-9-10-11-12-13-14-17(19)15-16-18(20)21;/h3-4,6-7,9-10,17,19H,2,5,8,11-16H2,1H3,(H,20,21);/q;+1/p-1/b4-3-,7-6-,10-9-;. The van der Waals surface area contributed by atoms with E-state index in [-0.39, 0.29) is 36.0 Å². The van der Waals surface area contributed by atoms with Crippen LogP contribution >= 0.6 is 0 Å². The van der Waals surface area contributed by atoms with E-state index in [1.54, 1.807) is 0 Å². The number of carboxylic acid groups (broad SMARTS) is 1. The average Bonchev–Trinajstić information content (AvgIpc) is 2.46. The first-order valence-corrected chi connectivity index (χ1v) is 7.99. The molecule has 0 aromatic rings. The van der Waals surface area contributed by atoms with Gasteiger partial charge in [0.2, 0.25) is 0 Å². The maximum atomic E-state index is 10.2. The second-order valence-electron chi connectivity index (χ2n) is 5.14. The van der Waals surface area contributed by atoms with Crippen LogP contribution in [0.15, 0.2) is 36.5 Å². The van der Waals surface area contributed by atoms with Crippen LogP contribution in [0.4, 0.5) is 0 Å². The summed E-state index contributed by atoms with van der Waals surface area (Å²) in [6, 6.07) is 0. The molecule has 0 amide bonds. The zero-order valence-corrected chi connectivity index (χ0v) is 16.2. The molecule has 1 N–H and O–H groups in total. The molecule has 3 nitrogen and oxygen atoms in total. The molecular formula is C18H29NaO3. The normalized spacial score (nSPS) is 13.0. The predicted octanol–water partition coefficient (Wildman–Crippen LogP) is 0.301. The zero-order chi connectivity index (χ0) is 15.8. The Morgan fingerprint density at radius 3 is 2.18 bits per heavy atom. The topological polar surface area (TPSA) is 60.4 Å². The molecule has 120 valence electrons. The number of aliphatic carboxylic acids is 1. The molecule has 0 saturated heterocycles. The quantitative estimate of drug-likeness (QED) is 0.302. The Kier molecular flexibility index (Phi) is 20.3. The second-order valence-corrected chi connectivity index (χ2v) is 5.14. The van der Waals surface area contributed by atoms with Gasteiger partial charge in [-0.1, -0.05) is 49.8 Å². The fourth-order valence-corrected chi connectivity index (χ4v) is 1.90. The number of allylic oxidation sites excluding steroid dienone is 6. The van der Waals surface area contributed by atoms with Crippen LogP contribution in [-0.4, -0.2) is 17.2 Å². The first kappa shape index (κ1) is 23.9. The van der Waals surface area contributed by atoms with Gasteiger partial charge in [0.25, 0.3) is 0 Å². The molecule has 0 aliphatic carbocycles. The summed E-state index contributed by atoms with van der Waals surface area (Å²) in [5.74, 6) is -1.09. The number of aliphatic hydroxyl groups is 1. The number of rotatable bonds is 13. The minimum Gasteiger partial charge on any atom is -0.550 e. The van der Waals surface area contributed by atoms with Gasteiger partial charge in [0.15, 0.2) is 0 Å². The number of carboxylic acids is 1. The minimum absolute atomic E-state index is 0. The van der Waals surface area contributed by atoms with E-state index in [1.165, 1.54) is 0 Å². The summed E-state index contributed by atoms with van der Waals surface area (Å²) >= 11 is 0. The van der Waals surface area contributed by atoms with Crippen LogP contribution in [0.2, 0.25) is 0 Å². The third-order valence-electron chi connectivity index (χ3n) is 3.12. The molecule has 0 saturated carbocycles. The van der Waals surface area contributed by atoms with Crippen molar-refractivity contribution in [2.75, 3.05) is 0 Å². The molecule has 0 aliphatic rings. The first-order valence-electron chi connectivity index (χ1n) is 7.99. The predicted molar refractivity (Wildman–Crippen MR) is 85.7 cm³/mol. The van der Waals surface area contributed by atoms with Gasteiger partial charge in [-0.15, -0.1) is 0 Å². The maximum absolute atomic E-state index is 10.2. The van der Waals surface area contributed by atoms with Crippen LogP contribution in [-0.2, 0) is 4.79 Å². The smallest absolute Gasteiger partial charge is 0.550 e. The minimum atomic E-state index is -1.09. The van der Waals surface area contributed by atoms with Crippen molar-refractivity contribution in [3.63, 3.8) is 0 Å². The SMILES string of the molecule is CC/C=C\C/C=C\C/C=C\CCCCC(O)CCC(=O)[O-].[Na+]. The molecule has 1 atom stereocenters. The van der Waals surface area contributed by atoms with Crippen molar-refractivity contribution in [3.05, 3.63) is 36.5 Å². The fraction of sp³-hybridized carbons (Fsp3) is 0.611. The van der Waals surface area contributed by atoms with Crippen molar-refractivity contribution < 1.29 is 44.6 Å². The summed E-state index contributed by atoms with van der Waals surface area (Å²) in [4.78, 5) is 10.2. The Bertz CT molecular complexity index is 335. The zero-order valence-electron chi connectivity index (χ0n) is 14.2. The summed E-state index contributed by atoms with van der Waals surface area (Å²) in [5, 5.41) is 19.8. The van der Waals surface area contributed by atoms with Crippen LogP contribution in [0.5, 0.6) is 0 Å². The van der Waals surface area contributed by atoms with Crippen molar-refractivity contribution in [2.45, 2.75) is 70.8 Å². The molecule has 0 aliphatic heterocycles. The molecule has 4 heteroatoms. The molecular weight excluding hydrogens is 287 g/mol. The van der Waals surface area contributed by atoms with Gasteiger partial charge in [0.05, 0.1) is 6.10 Å². The van der Waals surface area contributed by atoms with E-state index in [1.807, 2.05) is 0 Å². The number of aliphatic hydroxyl groups excluding tert-OH is 1. The molecule has 0 bridgehead atoms. The first-order chi connectivity index (χ1) is 10.2. The Labute approximate surface area is 157 Å². The van der Waals surface area contributed by atoms with Gasteiger partial charge >= 0.3 is 29.6 Å². The van der Waals surface area contributed by atoms with E-state index >= 15 is 0 Å². The molecule has 0 fully saturated rings. The molecule has 0 aromatic heterocycles. The Morgan fingerprint density at radius 1 is 1.00 bits per heavy atom. The van der Waals surface area contributed by atoms with Crippen molar-refractivity contribution in [2.24, 2.45) is 0 Å². The summed E-state index contributed by atoms with van der Waals surface area (Å²) in [6.45, 7) is 2.13. The number of unbranched alkanes of at least 4 members (excludes halogenated alkanes) is 2. The summed E-state index contributed by atoms with van der Waals surface area (Å²) < 4.78 is 0. The van der Waals surface area contributed by atoms with E-state index in [0.717, 1.165) is 38.5 Å². The van der Waals surface area contributed by atoms with Crippen molar-refractivity contribution in [1.82, 2.24) is 0 Å². The van der Waals surface area contributed by atoms with Crippen LogP contribution in [0.3, 0.4) is 0 Å². The molecule has 0 radical (unpaired) electrons. The number of carbonyl (C=O) groups excluding carboxylic acids is 1. The van der Waals surface area contributed by atoms with Gasteiger partial charge < -0.3 is 15.0 Å². The van der Waals surface area contributed by atoms with Crippen molar-refractivity contribution >= 4 is 5.97 Å². The van der Waals surface area contributed by atoms with E-state index in [9.17, 15) is 15.0 Å². The molecule has 22 heavy (non-hydrogen) atoms. The van der Waals surface area contributed by atoms with Gasteiger partial charge in [0.1, 0.15) is 0 Å². The van der Waals surface area contributed by atoms with E-state index in [0.29, 0.717) is 12.8 Å². The number of hydrogen-bond acceptors (Lipinski definition) is 3. The van der Waals surface area contributed by atoms with Crippen molar-refractivity contribution in [1.29, 1.82) is 0 Å². The summed E-state index contributed by atoms with van der Waals surface area (Å²) in [6.07, 6.45) is 19.4. The monoisotopic (exact) mass is 316 g/mol. The Morgan fingerprint density at radius 2 is 1.59 bits per heavy atom. The van der Waals surface area contributed by atoms with Crippen molar-refractivity contribution in [3.8, 4) is 0 Å². The summed E-state index contributed by atoms with van der Waals surface area (Å²) in [7, 11) is 0. The second kappa shape index (κ2) is 18.7. The molecule has 1 unspecified atom stereocenters. The Balaban J connectivity index is 0. The molecule has 0 heterocycles. The van der Waals surface area contributed by atoms with E-state index in [2.05, 4.69) is 43.4 Å². The van der Waals surface area contributed by atoms with Crippen LogP contribution in [0.1, 0.15) is 64.7 Å². The third kappa shape index (κ3) is 19.7. The van der Waals surface area contributed by atoms with Gasteiger partial charge in [-0.05, 0) is 51.4 Å². The fourth-order valence-electron chi connectivity index (χ4n) is 1.90. The van der Waals surface area contributed by atoms with Crippen LogP contribution in [0.25, 0.3) is 0 Å². The maximum Gasteiger partial charge on any atom is 1.00 e. The molecule has 0 spiro atoms. The molecule has 0 aromatic carbocycles. The van der Waals surface area contributed by atoms with Gasteiger partial charge in [0, 0.05) is 5.97 Å². The van der Waals surface area contributed by atoms with Crippen LogP contribution < -0.4 is 34.7 Å². The summed E-state index contributed by atoms with van der Waals surface area (Å²) in [5.41, 5.74) is 0. The van der Waals surface area contributed by atoms with Crippen LogP contribution in [0, 0.1) is 0 Å². The Hall–Kier alpha value is -0.350. The molecule has 0 rings (SSSR count). The van der Waals surface area contributed by atoms with E-state index < -0.39 is 12.1 Å². The number of hydrogen-bond donors (Lipinski definition) is 1. The number of carbonyl (C=O) groups is 1. The average molecular weight is 316 g/mol. The van der Waals surface area contributed by atoms with E-state index in [4.69, 9.17) is 0 Å². The van der Waals surface area contributed by atoms with Gasteiger partial charge in [-0.25, -0.2) is 0 Å². The van der Waals surface area contributed by atoms with Gasteiger partial charge in [-0.3, -0.25) is 0 Å². The third-order valence-corrected chi connectivity index (χ3v) is 3.12.